The number of rotatable bonds is 6. The van der Waals surface area contributed by atoms with E-state index >= 15 is 0 Å². The summed E-state index contributed by atoms with van der Waals surface area (Å²) in [6.07, 6.45) is -3.42. The van der Waals surface area contributed by atoms with E-state index in [2.05, 4.69) is 0 Å². The van der Waals surface area contributed by atoms with Crippen LogP contribution in [0, 0.1) is 0 Å². The second-order valence-corrected chi connectivity index (χ2v) is 6.90. The van der Waals surface area contributed by atoms with Crippen LogP contribution in [0.5, 0.6) is 0 Å². The lowest BCUT2D eigenvalue weighted by Gasteiger charge is -2.45. The lowest BCUT2D eigenvalue weighted by Crippen LogP contribution is -2.62. The Hall–Kier alpha value is -2.09. The molecule has 0 unspecified atom stereocenters. The number of halogens is 3. The summed E-state index contributed by atoms with van der Waals surface area (Å²) < 4.78 is 52.6. The van der Waals surface area contributed by atoms with E-state index in [0.717, 1.165) is 7.11 Å². The molecule has 8 heteroatoms. The largest absolute Gasteiger partial charge is 0.466 e. The van der Waals surface area contributed by atoms with Gasteiger partial charge >= 0.3 is 12.1 Å². The van der Waals surface area contributed by atoms with Crippen molar-refractivity contribution >= 4 is 11.9 Å². The molecule has 2 rings (SSSR count). The van der Waals surface area contributed by atoms with E-state index in [9.17, 15) is 22.8 Å². The van der Waals surface area contributed by atoms with Crippen LogP contribution in [0.3, 0.4) is 0 Å². The zero-order valence-electron chi connectivity index (χ0n) is 16.3. The van der Waals surface area contributed by atoms with Crippen LogP contribution in [0.4, 0.5) is 13.2 Å². The van der Waals surface area contributed by atoms with Gasteiger partial charge < -0.3 is 14.4 Å². The van der Waals surface area contributed by atoms with E-state index < -0.39 is 35.7 Å². The molecule has 0 bridgehead atoms. The van der Waals surface area contributed by atoms with Crippen LogP contribution in [-0.4, -0.2) is 48.8 Å². The summed E-state index contributed by atoms with van der Waals surface area (Å²) >= 11 is 0. The number of likely N-dealkylation sites (tertiary alicyclic amines) is 1. The number of hydrogen-bond acceptors (Lipinski definition) is 4. The van der Waals surface area contributed by atoms with Crippen molar-refractivity contribution < 1.29 is 32.2 Å². The van der Waals surface area contributed by atoms with Crippen LogP contribution in [0.2, 0.25) is 0 Å². The zero-order valence-corrected chi connectivity index (χ0v) is 16.3. The van der Waals surface area contributed by atoms with Crippen molar-refractivity contribution in [1.29, 1.82) is 0 Å². The minimum Gasteiger partial charge on any atom is -0.466 e. The Labute approximate surface area is 162 Å². The predicted molar refractivity (Wildman–Crippen MR) is 96.4 cm³/mol. The Bertz CT molecular complexity index is 680. The van der Waals surface area contributed by atoms with Crippen molar-refractivity contribution in [3.8, 4) is 0 Å². The first kappa shape index (κ1) is 22.2. The van der Waals surface area contributed by atoms with Gasteiger partial charge in [-0.15, -0.1) is 0 Å². The van der Waals surface area contributed by atoms with Crippen molar-refractivity contribution in [3.63, 3.8) is 0 Å². The molecule has 156 valence electrons. The van der Waals surface area contributed by atoms with Gasteiger partial charge in [0.1, 0.15) is 0 Å². The van der Waals surface area contributed by atoms with Crippen molar-refractivity contribution in [2.24, 2.45) is 0 Å². The Morgan fingerprint density at radius 1 is 1.18 bits per heavy atom. The SMILES string of the molecule is CCOC(=O)C[C@@H]1CCC[C@H](C)N1C(=O)[C@@](OC)(c1ccccc1)C(F)(F)F. The quantitative estimate of drug-likeness (QED) is 0.680. The van der Waals surface area contributed by atoms with Gasteiger partial charge in [0.25, 0.3) is 11.5 Å². The van der Waals surface area contributed by atoms with E-state index in [1.807, 2.05) is 0 Å². The van der Waals surface area contributed by atoms with Gasteiger partial charge in [0.2, 0.25) is 0 Å². The molecule has 1 aromatic rings. The third-order valence-electron chi connectivity index (χ3n) is 5.16. The van der Waals surface area contributed by atoms with E-state index in [-0.39, 0.29) is 18.6 Å². The number of esters is 1. The first-order valence-corrected chi connectivity index (χ1v) is 9.34. The van der Waals surface area contributed by atoms with Crippen molar-refractivity contribution in [1.82, 2.24) is 4.90 Å². The second kappa shape index (κ2) is 8.94. The maximum absolute atomic E-state index is 14.2. The van der Waals surface area contributed by atoms with Gasteiger partial charge in [-0.25, -0.2) is 0 Å². The molecule has 1 aliphatic rings. The summed E-state index contributed by atoms with van der Waals surface area (Å²) in [5.41, 5.74) is -3.42. The van der Waals surface area contributed by atoms with Crippen LogP contribution >= 0.6 is 0 Å². The molecule has 1 aromatic carbocycles. The number of piperidine rings is 1. The number of ether oxygens (including phenoxy) is 2. The molecule has 0 radical (unpaired) electrons. The highest BCUT2D eigenvalue weighted by molar-refractivity contribution is 5.89. The van der Waals surface area contributed by atoms with Crippen molar-refractivity contribution in [2.45, 2.75) is 63.4 Å². The minimum absolute atomic E-state index is 0.142. The second-order valence-electron chi connectivity index (χ2n) is 6.90. The van der Waals surface area contributed by atoms with Crippen LogP contribution in [0.25, 0.3) is 0 Å². The molecule has 1 saturated heterocycles. The third kappa shape index (κ3) is 4.16. The Morgan fingerprint density at radius 2 is 1.82 bits per heavy atom. The molecule has 1 fully saturated rings. The lowest BCUT2D eigenvalue weighted by atomic mass is 9.86. The Balaban J connectivity index is 2.49. The first-order valence-electron chi connectivity index (χ1n) is 9.34. The molecule has 1 heterocycles. The fourth-order valence-electron chi connectivity index (χ4n) is 3.85. The number of nitrogens with zero attached hydrogens (tertiary/aromatic N) is 1. The predicted octanol–water partition coefficient (Wildman–Crippen LogP) is 3.81. The minimum atomic E-state index is -4.98. The van der Waals surface area contributed by atoms with Crippen LogP contribution in [-0.2, 0) is 24.7 Å². The van der Waals surface area contributed by atoms with E-state index in [4.69, 9.17) is 9.47 Å². The number of carbonyl (C=O) groups is 2. The molecule has 0 aromatic heterocycles. The molecule has 0 N–H and O–H groups in total. The van der Waals surface area contributed by atoms with Crippen molar-refractivity contribution in [2.75, 3.05) is 13.7 Å². The molecule has 1 aliphatic heterocycles. The average molecular weight is 401 g/mol. The summed E-state index contributed by atoms with van der Waals surface area (Å²) in [6, 6.07) is 5.75. The number of methoxy groups -OCH3 is 1. The number of carbonyl (C=O) groups excluding carboxylic acids is 2. The van der Waals surface area contributed by atoms with Gasteiger partial charge in [-0.2, -0.15) is 13.2 Å². The molecule has 1 amide bonds. The maximum atomic E-state index is 14.2. The Kier molecular flexibility index (Phi) is 7.09. The maximum Gasteiger partial charge on any atom is 0.430 e. The monoisotopic (exact) mass is 401 g/mol. The summed E-state index contributed by atoms with van der Waals surface area (Å²) in [5, 5.41) is 0. The average Bonchev–Trinajstić information content (AvgIpc) is 2.62. The fraction of sp³-hybridized carbons (Fsp3) is 0.600. The molecular weight excluding hydrogens is 375 g/mol. The number of amides is 1. The van der Waals surface area contributed by atoms with Crippen LogP contribution in [0.1, 0.15) is 45.1 Å². The van der Waals surface area contributed by atoms with Gasteiger partial charge in [-0.1, -0.05) is 30.3 Å². The van der Waals surface area contributed by atoms with Crippen LogP contribution < -0.4 is 0 Å². The molecule has 28 heavy (non-hydrogen) atoms. The summed E-state index contributed by atoms with van der Waals surface area (Å²) in [6.45, 7) is 3.51. The van der Waals surface area contributed by atoms with E-state index in [0.29, 0.717) is 19.3 Å². The third-order valence-corrected chi connectivity index (χ3v) is 5.16. The van der Waals surface area contributed by atoms with Gasteiger partial charge in [0.15, 0.2) is 0 Å². The van der Waals surface area contributed by atoms with E-state index in [1.165, 1.54) is 29.2 Å². The van der Waals surface area contributed by atoms with Gasteiger partial charge in [-0.05, 0) is 33.1 Å². The zero-order chi connectivity index (χ0) is 20.9. The lowest BCUT2D eigenvalue weighted by molar-refractivity contribution is -0.272. The highest BCUT2D eigenvalue weighted by Crippen LogP contribution is 2.45. The summed E-state index contributed by atoms with van der Waals surface area (Å²) in [7, 11) is 0.882. The molecule has 3 atom stereocenters. The van der Waals surface area contributed by atoms with Gasteiger partial charge in [-0.3, -0.25) is 9.59 Å². The topological polar surface area (TPSA) is 55.8 Å². The molecule has 0 spiro atoms. The number of hydrogen-bond donors (Lipinski definition) is 0. The van der Waals surface area contributed by atoms with E-state index in [1.54, 1.807) is 19.9 Å². The number of benzene rings is 1. The molecule has 0 aliphatic carbocycles. The molecule has 5 nitrogen and oxygen atoms in total. The van der Waals surface area contributed by atoms with Crippen LogP contribution in [0.15, 0.2) is 30.3 Å². The number of alkyl halides is 3. The highest BCUT2D eigenvalue weighted by atomic mass is 19.4. The van der Waals surface area contributed by atoms with Gasteiger partial charge in [0.05, 0.1) is 13.0 Å². The summed E-state index contributed by atoms with van der Waals surface area (Å²) in [4.78, 5) is 26.5. The first-order chi connectivity index (χ1) is 13.2. The normalized spacial score (nSPS) is 22.4. The smallest absolute Gasteiger partial charge is 0.430 e. The summed E-state index contributed by atoms with van der Waals surface area (Å²) in [5.74, 6) is -1.73. The Morgan fingerprint density at radius 3 is 2.36 bits per heavy atom. The van der Waals surface area contributed by atoms with Gasteiger partial charge in [0, 0.05) is 24.8 Å². The molecular formula is C20H26F3NO4. The fourth-order valence-corrected chi connectivity index (χ4v) is 3.85. The van der Waals surface area contributed by atoms with Crippen molar-refractivity contribution in [3.05, 3.63) is 35.9 Å². The standard InChI is InChI=1S/C20H26F3NO4/c1-4-28-17(25)13-16-12-8-9-14(2)24(16)18(26)19(27-3,20(21,22)23)15-10-6-5-7-11-15/h5-7,10-11,14,16H,4,8-9,12-13H2,1-3H3/t14-,16-,19-/m0/s1. The highest BCUT2D eigenvalue weighted by Gasteiger charge is 2.64. The molecule has 0 saturated carbocycles.